The minimum absolute atomic E-state index is 0.00663. The Bertz CT molecular complexity index is 119. The molecule has 65 valence electrons. The molecule has 2 nitrogen and oxygen atoms in total. The van der Waals surface area contributed by atoms with Crippen molar-refractivity contribution in [2.24, 2.45) is 0 Å². The molecule has 1 radical (unpaired) electrons. The Labute approximate surface area is 68.9 Å². The summed E-state index contributed by atoms with van der Waals surface area (Å²) in [5.41, 5.74) is 0. The molecular formula is C9H17O2. The molecule has 0 spiro atoms. The molecule has 0 aromatic rings. The van der Waals surface area contributed by atoms with Crippen LogP contribution < -0.4 is 0 Å². The monoisotopic (exact) mass is 157 g/mol. The van der Waals surface area contributed by atoms with Crippen molar-refractivity contribution in [1.29, 1.82) is 0 Å². The summed E-state index contributed by atoms with van der Waals surface area (Å²) in [6.45, 7) is 7.73. The van der Waals surface area contributed by atoms with Gasteiger partial charge in [0.25, 0.3) is 0 Å². The predicted octanol–water partition coefficient (Wildman–Crippen LogP) is 2.33. The van der Waals surface area contributed by atoms with E-state index in [0.29, 0.717) is 6.42 Å². The van der Waals surface area contributed by atoms with Crippen molar-refractivity contribution < 1.29 is 9.53 Å². The third-order valence-corrected chi connectivity index (χ3v) is 1.42. The zero-order valence-corrected chi connectivity index (χ0v) is 7.81. The molecule has 11 heavy (non-hydrogen) atoms. The molecule has 2 heteroatoms. The first-order valence-corrected chi connectivity index (χ1v) is 4.07. The Morgan fingerprint density at radius 3 is 2.36 bits per heavy atom. The van der Waals surface area contributed by atoms with Crippen LogP contribution in [0.25, 0.3) is 0 Å². The molecule has 0 rings (SSSR count). The molecule has 0 N–H and O–H groups in total. The molecule has 0 aliphatic rings. The molecule has 0 unspecified atom stereocenters. The lowest BCUT2D eigenvalue weighted by Gasteiger charge is -2.10. The van der Waals surface area contributed by atoms with Gasteiger partial charge in [0.1, 0.15) is 0 Å². The average Bonchev–Trinajstić information content (AvgIpc) is 1.85. The Morgan fingerprint density at radius 1 is 1.45 bits per heavy atom. The van der Waals surface area contributed by atoms with E-state index < -0.39 is 0 Å². The van der Waals surface area contributed by atoms with Gasteiger partial charge >= 0.3 is 5.97 Å². The Balaban J connectivity index is 3.52. The summed E-state index contributed by atoms with van der Waals surface area (Å²) in [6.07, 6.45) is 1.43. The molecule has 0 aliphatic heterocycles. The Hall–Kier alpha value is -0.530. The third kappa shape index (κ3) is 5.89. The van der Waals surface area contributed by atoms with Gasteiger partial charge < -0.3 is 4.74 Å². The number of carbonyl (C=O) groups is 1. The first-order chi connectivity index (χ1) is 5.06. The molecule has 0 aromatic heterocycles. The maximum Gasteiger partial charge on any atom is 0.306 e. The van der Waals surface area contributed by atoms with Gasteiger partial charge in [-0.1, -0.05) is 13.8 Å². The summed E-state index contributed by atoms with van der Waals surface area (Å²) in [5, 5.41) is 0. The standard InChI is InChI=1S/C9H17O2/c1-5-8(4)6-9(10)11-7(2)3/h7H,5-6H2,1-4H3. The normalized spacial score (nSPS) is 10.7. The molecular weight excluding hydrogens is 140 g/mol. The smallest absolute Gasteiger partial charge is 0.306 e. The van der Waals surface area contributed by atoms with E-state index in [1.807, 2.05) is 27.7 Å². The van der Waals surface area contributed by atoms with Gasteiger partial charge in [-0.25, -0.2) is 0 Å². The van der Waals surface area contributed by atoms with Gasteiger partial charge in [0, 0.05) is 0 Å². The maximum absolute atomic E-state index is 11.0. The fourth-order valence-corrected chi connectivity index (χ4v) is 0.676. The van der Waals surface area contributed by atoms with Gasteiger partial charge in [-0.15, -0.1) is 0 Å². The van der Waals surface area contributed by atoms with Gasteiger partial charge in [0.2, 0.25) is 0 Å². The molecule has 0 bridgehead atoms. The quantitative estimate of drug-likeness (QED) is 0.585. The topological polar surface area (TPSA) is 26.3 Å². The van der Waals surface area contributed by atoms with Crippen molar-refractivity contribution in [3.63, 3.8) is 0 Å². The van der Waals surface area contributed by atoms with Crippen LogP contribution >= 0.6 is 0 Å². The predicted molar refractivity (Wildman–Crippen MR) is 45.1 cm³/mol. The van der Waals surface area contributed by atoms with E-state index in [2.05, 4.69) is 0 Å². The van der Waals surface area contributed by atoms with Crippen molar-refractivity contribution in [2.75, 3.05) is 0 Å². The molecule has 0 heterocycles. The highest BCUT2D eigenvalue weighted by Gasteiger charge is 2.09. The van der Waals surface area contributed by atoms with Crippen LogP contribution in [-0.2, 0) is 9.53 Å². The number of hydrogen-bond donors (Lipinski definition) is 0. The average molecular weight is 157 g/mol. The van der Waals surface area contributed by atoms with Crippen molar-refractivity contribution in [3.8, 4) is 0 Å². The first kappa shape index (κ1) is 10.5. The third-order valence-electron chi connectivity index (χ3n) is 1.42. The SMILES string of the molecule is CC[C](C)CC(=O)OC(C)C. The van der Waals surface area contributed by atoms with Crippen LogP contribution in [0.4, 0.5) is 0 Å². The summed E-state index contributed by atoms with van der Waals surface area (Å²) in [4.78, 5) is 11.0. The van der Waals surface area contributed by atoms with E-state index in [1.54, 1.807) is 0 Å². The Morgan fingerprint density at radius 2 is 2.00 bits per heavy atom. The van der Waals surface area contributed by atoms with Crippen LogP contribution in [0.2, 0.25) is 0 Å². The molecule has 0 saturated carbocycles. The van der Waals surface area contributed by atoms with Crippen LogP contribution in [0.1, 0.15) is 40.5 Å². The largest absolute Gasteiger partial charge is 0.463 e. The highest BCUT2D eigenvalue weighted by atomic mass is 16.5. The summed E-state index contributed by atoms with van der Waals surface area (Å²) in [7, 11) is 0. The molecule has 0 amide bonds. The number of carbonyl (C=O) groups excluding carboxylic acids is 1. The van der Waals surface area contributed by atoms with E-state index in [-0.39, 0.29) is 12.1 Å². The van der Waals surface area contributed by atoms with E-state index in [4.69, 9.17) is 4.74 Å². The first-order valence-electron chi connectivity index (χ1n) is 4.07. The van der Waals surface area contributed by atoms with Crippen molar-refractivity contribution in [1.82, 2.24) is 0 Å². The van der Waals surface area contributed by atoms with Gasteiger partial charge in [-0.3, -0.25) is 4.79 Å². The van der Waals surface area contributed by atoms with Crippen LogP contribution in [0.3, 0.4) is 0 Å². The number of esters is 1. The molecule has 0 aliphatic carbocycles. The maximum atomic E-state index is 11.0. The van der Waals surface area contributed by atoms with Gasteiger partial charge in [-0.2, -0.15) is 0 Å². The van der Waals surface area contributed by atoms with Gasteiger partial charge in [-0.05, 0) is 26.2 Å². The fourth-order valence-electron chi connectivity index (χ4n) is 0.676. The second-order valence-electron chi connectivity index (χ2n) is 3.03. The summed E-state index contributed by atoms with van der Waals surface area (Å²) < 4.78 is 4.96. The van der Waals surface area contributed by atoms with Gasteiger partial charge in [0.05, 0.1) is 12.5 Å². The van der Waals surface area contributed by atoms with Crippen LogP contribution in [-0.4, -0.2) is 12.1 Å². The lowest BCUT2D eigenvalue weighted by molar-refractivity contribution is -0.146. The summed E-state index contributed by atoms with van der Waals surface area (Å²) in [5.74, 6) is 1.06. The molecule has 0 saturated heterocycles. The van der Waals surface area contributed by atoms with E-state index in [1.165, 1.54) is 5.92 Å². The number of rotatable bonds is 4. The summed E-state index contributed by atoms with van der Waals surface area (Å²) in [6, 6.07) is 0. The van der Waals surface area contributed by atoms with Gasteiger partial charge in [0.15, 0.2) is 0 Å². The lowest BCUT2D eigenvalue weighted by atomic mass is 10.1. The minimum Gasteiger partial charge on any atom is -0.463 e. The Kier molecular flexibility index (Phi) is 4.92. The minimum atomic E-state index is -0.112. The lowest BCUT2D eigenvalue weighted by Crippen LogP contribution is -2.13. The second kappa shape index (κ2) is 5.16. The second-order valence-corrected chi connectivity index (χ2v) is 3.03. The van der Waals surface area contributed by atoms with E-state index >= 15 is 0 Å². The molecule has 0 aromatic carbocycles. The van der Waals surface area contributed by atoms with Crippen LogP contribution in [0.15, 0.2) is 0 Å². The number of ether oxygens (including phenoxy) is 1. The highest BCUT2D eigenvalue weighted by molar-refractivity contribution is 5.71. The zero-order valence-electron chi connectivity index (χ0n) is 7.81. The molecule has 0 fully saturated rings. The van der Waals surface area contributed by atoms with Crippen molar-refractivity contribution in [2.45, 2.75) is 46.6 Å². The zero-order chi connectivity index (χ0) is 8.85. The molecule has 0 atom stereocenters. The summed E-state index contributed by atoms with van der Waals surface area (Å²) >= 11 is 0. The van der Waals surface area contributed by atoms with Crippen LogP contribution in [0, 0.1) is 5.92 Å². The number of hydrogen-bond acceptors (Lipinski definition) is 2. The van der Waals surface area contributed by atoms with E-state index in [9.17, 15) is 4.79 Å². The van der Waals surface area contributed by atoms with E-state index in [0.717, 1.165) is 6.42 Å². The highest BCUT2D eigenvalue weighted by Crippen LogP contribution is 2.10. The van der Waals surface area contributed by atoms with Crippen molar-refractivity contribution in [3.05, 3.63) is 5.92 Å². The van der Waals surface area contributed by atoms with Crippen LogP contribution in [0.5, 0.6) is 0 Å². The fraction of sp³-hybridized carbons (Fsp3) is 0.778. The van der Waals surface area contributed by atoms with Crippen molar-refractivity contribution >= 4 is 5.97 Å².